The van der Waals surface area contributed by atoms with Gasteiger partial charge in [0.15, 0.2) is 0 Å². The quantitative estimate of drug-likeness (QED) is 0.760. The lowest BCUT2D eigenvalue weighted by Crippen LogP contribution is -2.58. The summed E-state index contributed by atoms with van der Waals surface area (Å²) in [7, 11) is 0. The maximum absolute atomic E-state index is 6.31. The highest BCUT2D eigenvalue weighted by atomic mass is 15.2. The van der Waals surface area contributed by atoms with Gasteiger partial charge in [-0.2, -0.15) is 0 Å². The van der Waals surface area contributed by atoms with Crippen molar-refractivity contribution < 1.29 is 0 Å². The third kappa shape index (κ3) is 4.73. The normalized spacial score (nSPS) is 28.1. The number of nitrogens with two attached hydrogens (primary N) is 1. The Kier molecular flexibility index (Phi) is 7.00. The molecule has 0 radical (unpaired) electrons. The fraction of sp³-hybridized carbons (Fsp3) is 1.00. The molecule has 0 aliphatic heterocycles. The van der Waals surface area contributed by atoms with Crippen molar-refractivity contribution in [1.82, 2.24) is 4.90 Å². The molecule has 2 unspecified atom stereocenters. The van der Waals surface area contributed by atoms with E-state index in [1.54, 1.807) is 0 Å². The van der Waals surface area contributed by atoms with Gasteiger partial charge >= 0.3 is 0 Å². The van der Waals surface area contributed by atoms with Crippen LogP contribution < -0.4 is 5.73 Å². The van der Waals surface area contributed by atoms with Crippen LogP contribution in [0.4, 0.5) is 0 Å². The second kappa shape index (κ2) is 7.79. The van der Waals surface area contributed by atoms with Crippen molar-refractivity contribution in [2.45, 2.75) is 72.8 Å². The van der Waals surface area contributed by atoms with Crippen molar-refractivity contribution >= 4 is 0 Å². The van der Waals surface area contributed by atoms with Crippen molar-refractivity contribution in [3.05, 3.63) is 0 Å². The van der Waals surface area contributed by atoms with Crippen LogP contribution in [0.1, 0.15) is 67.2 Å². The Balaban J connectivity index is 2.90. The van der Waals surface area contributed by atoms with Crippen LogP contribution in [0.3, 0.4) is 0 Å². The van der Waals surface area contributed by atoms with E-state index >= 15 is 0 Å². The second-order valence-corrected chi connectivity index (χ2v) is 8.22. The fourth-order valence-electron chi connectivity index (χ4n) is 3.90. The van der Waals surface area contributed by atoms with Gasteiger partial charge in [0, 0.05) is 25.2 Å². The van der Waals surface area contributed by atoms with Gasteiger partial charge in [-0.25, -0.2) is 0 Å². The molecule has 2 N–H and O–H groups in total. The Morgan fingerprint density at radius 3 is 2.00 bits per heavy atom. The van der Waals surface area contributed by atoms with Crippen LogP contribution in [0.15, 0.2) is 0 Å². The van der Waals surface area contributed by atoms with E-state index < -0.39 is 0 Å². The highest BCUT2D eigenvalue weighted by molar-refractivity contribution is 4.97. The Morgan fingerprint density at radius 1 is 1.05 bits per heavy atom. The molecule has 0 aromatic rings. The summed E-state index contributed by atoms with van der Waals surface area (Å²) >= 11 is 0. The minimum Gasteiger partial charge on any atom is -0.329 e. The first-order chi connectivity index (χ1) is 9.30. The number of hydrogen-bond donors (Lipinski definition) is 1. The van der Waals surface area contributed by atoms with Crippen LogP contribution in [0.5, 0.6) is 0 Å². The summed E-state index contributed by atoms with van der Waals surface area (Å²) in [5.74, 6) is 3.09. The van der Waals surface area contributed by atoms with Gasteiger partial charge in [-0.3, -0.25) is 4.90 Å². The molecule has 0 aromatic carbocycles. The van der Waals surface area contributed by atoms with Gasteiger partial charge in [-0.15, -0.1) is 0 Å². The van der Waals surface area contributed by atoms with Crippen molar-refractivity contribution in [1.29, 1.82) is 0 Å². The first-order valence-electron chi connectivity index (χ1n) is 8.76. The van der Waals surface area contributed by atoms with E-state index in [0.29, 0.717) is 0 Å². The van der Waals surface area contributed by atoms with E-state index in [-0.39, 0.29) is 5.54 Å². The van der Waals surface area contributed by atoms with Gasteiger partial charge in [0.25, 0.3) is 0 Å². The minimum atomic E-state index is 0.266. The van der Waals surface area contributed by atoms with Gasteiger partial charge in [-0.05, 0) is 36.5 Å². The van der Waals surface area contributed by atoms with Crippen LogP contribution in [0.25, 0.3) is 0 Å². The molecular weight excluding hydrogens is 244 g/mol. The summed E-state index contributed by atoms with van der Waals surface area (Å²) in [6, 6.07) is 0. The predicted octanol–water partition coefficient (Wildman–Crippen LogP) is 4.14. The van der Waals surface area contributed by atoms with E-state index in [1.165, 1.54) is 38.8 Å². The molecule has 2 nitrogen and oxygen atoms in total. The maximum atomic E-state index is 6.31. The molecule has 2 atom stereocenters. The van der Waals surface area contributed by atoms with Crippen LogP contribution in [-0.4, -0.2) is 30.1 Å². The van der Waals surface area contributed by atoms with Crippen LogP contribution in [0, 0.1) is 23.7 Å². The molecule has 0 aromatic heterocycles. The van der Waals surface area contributed by atoms with Crippen molar-refractivity contribution in [2.75, 3.05) is 19.6 Å². The minimum absolute atomic E-state index is 0.266. The summed E-state index contributed by atoms with van der Waals surface area (Å²) in [4.78, 5) is 2.75. The summed E-state index contributed by atoms with van der Waals surface area (Å²) in [6.07, 6.45) is 5.36. The fourth-order valence-corrected chi connectivity index (χ4v) is 3.90. The zero-order valence-electron chi connectivity index (χ0n) is 14.8. The number of rotatable bonds is 7. The summed E-state index contributed by atoms with van der Waals surface area (Å²) in [5, 5.41) is 0. The van der Waals surface area contributed by atoms with Crippen LogP contribution >= 0.6 is 0 Å². The largest absolute Gasteiger partial charge is 0.329 e. The van der Waals surface area contributed by atoms with E-state index in [0.717, 1.165) is 30.2 Å². The SMILES string of the molecule is CC(C)CN(CC(C)C)C1(CN)CCCC(C(C)C)C1. The van der Waals surface area contributed by atoms with Crippen LogP contribution in [0.2, 0.25) is 0 Å². The van der Waals surface area contributed by atoms with Crippen molar-refractivity contribution in [2.24, 2.45) is 29.4 Å². The van der Waals surface area contributed by atoms with E-state index in [1.807, 2.05) is 0 Å². The molecule has 0 amide bonds. The lowest BCUT2D eigenvalue weighted by molar-refractivity contribution is 0.00965. The summed E-state index contributed by atoms with van der Waals surface area (Å²) < 4.78 is 0. The molecule has 2 heteroatoms. The van der Waals surface area contributed by atoms with Gasteiger partial charge in [0.05, 0.1) is 0 Å². The Hall–Kier alpha value is -0.0800. The summed E-state index contributed by atoms with van der Waals surface area (Å²) in [6.45, 7) is 17.3. The molecule has 0 heterocycles. The van der Waals surface area contributed by atoms with Gasteiger partial charge in [-0.1, -0.05) is 54.4 Å². The Morgan fingerprint density at radius 2 is 1.60 bits per heavy atom. The highest BCUT2D eigenvalue weighted by Gasteiger charge is 2.41. The van der Waals surface area contributed by atoms with E-state index in [4.69, 9.17) is 5.73 Å². The molecule has 1 aliphatic rings. The number of nitrogens with zero attached hydrogens (tertiary/aromatic N) is 1. The molecule has 1 fully saturated rings. The van der Waals surface area contributed by atoms with Gasteiger partial charge in [0.1, 0.15) is 0 Å². The third-order valence-electron chi connectivity index (χ3n) is 5.02. The van der Waals surface area contributed by atoms with E-state index in [2.05, 4.69) is 46.4 Å². The predicted molar refractivity (Wildman–Crippen MR) is 89.8 cm³/mol. The average molecular weight is 283 g/mol. The van der Waals surface area contributed by atoms with Crippen molar-refractivity contribution in [3.8, 4) is 0 Å². The first kappa shape index (κ1) is 18.0. The van der Waals surface area contributed by atoms with Crippen molar-refractivity contribution in [3.63, 3.8) is 0 Å². The number of hydrogen-bond acceptors (Lipinski definition) is 2. The lowest BCUT2D eigenvalue weighted by Gasteiger charge is -2.50. The molecule has 1 saturated carbocycles. The topological polar surface area (TPSA) is 29.3 Å². The Bertz CT molecular complexity index is 263. The third-order valence-corrected chi connectivity index (χ3v) is 5.02. The molecule has 0 bridgehead atoms. The molecule has 20 heavy (non-hydrogen) atoms. The zero-order chi connectivity index (χ0) is 15.3. The molecular formula is C18H38N2. The monoisotopic (exact) mass is 282 g/mol. The summed E-state index contributed by atoms with van der Waals surface area (Å²) in [5.41, 5.74) is 6.58. The maximum Gasteiger partial charge on any atom is 0.0334 e. The van der Waals surface area contributed by atoms with Gasteiger partial charge in [0.2, 0.25) is 0 Å². The second-order valence-electron chi connectivity index (χ2n) is 8.22. The molecule has 120 valence electrons. The first-order valence-corrected chi connectivity index (χ1v) is 8.76. The molecule has 0 spiro atoms. The molecule has 1 rings (SSSR count). The average Bonchev–Trinajstić information content (AvgIpc) is 2.36. The Labute approximate surface area is 127 Å². The molecule has 0 saturated heterocycles. The zero-order valence-corrected chi connectivity index (χ0v) is 14.8. The van der Waals surface area contributed by atoms with Gasteiger partial charge < -0.3 is 5.73 Å². The standard InChI is InChI=1S/C18H38N2/c1-14(2)11-20(12-15(3)4)18(13-19)9-7-8-17(10-18)16(5)6/h14-17H,7-13,19H2,1-6H3. The smallest absolute Gasteiger partial charge is 0.0334 e. The molecule has 1 aliphatic carbocycles. The van der Waals surface area contributed by atoms with Crippen LogP contribution in [-0.2, 0) is 0 Å². The highest BCUT2D eigenvalue weighted by Crippen LogP contribution is 2.40. The van der Waals surface area contributed by atoms with E-state index in [9.17, 15) is 0 Å². The lowest BCUT2D eigenvalue weighted by atomic mass is 9.70.